The fourth-order valence-corrected chi connectivity index (χ4v) is 5.45. The van der Waals surface area contributed by atoms with Gasteiger partial charge in [0.1, 0.15) is 0 Å². The Hall–Kier alpha value is 0.660. The predicted octanol–water partition coefficient (Wildman–Crippen LogP) is 2.64. The first kappa shape index (κ1) is 15.7. The van der Waals surface area contributed by atoms with Crippen LogP contribution in [0.15, 0.2) is 0 Å². The average molecular weight is 256 g/mol. The van der Waals surface area contributed by atoms with Gasteiger partial charge in [-0.2, -0.15) is 0 Å². The Labute approximate surface area is 95.7 Å². The number of hydrogen-bond donors (Lipinski definition) is 3. The van der Waals surface area contributed by atoms with E-state index in [1.54, 1.807) is 0 Å². The van der Waals surface area contributed by atoms with E-state index in [2.05, 4.69) is 13.8 Å². The molecule has 5 heteroatoms. The number of rotatable bonds is 8. The van der Waals surface area contributed by atoms with Crippen molar-refractivity contribution in [2.75, 3.05) is 11.5 Å². The summed E-state index contributed by atoms with van der Waals surface area (Å²) in [7, 11) is -0.567. The van der Waals surface area contributed by atoms with Crippen LogP contribution in [0.2, 0.25) is 0 Å². The van der Waals surface area contributed by atoms with E-state index in [1.807, 2.05) is 0 Å². The summed E-state index contributed by atoms with van der Waals surface area (Å²) in [6, 6.07) is 0. The SMILES string of the molecule is CCCCCCS(CCCC)=P(O)(O)O. The molecule has 0 aromatic carbocycles. The molecule has 1 unspecified atom stereocenters. The highest BCUT2D eigenvalue weighted by atomic mass is 32.5. The van der Waals surface area contributed by atoms with Crippen LogP contribution in [-0.4, -0.2) is 26.2 Å². The smallest absolute Gasteiger partial charge is 0.277 e. The first-order chi connectivity index (χ1) is 7.02. The highest BCUT2D eigenvalue weighted by Gasteiger charge is 2.11. The van der Waals surface area contributed by atoms with Gasteiger partial charge in [0.2, 0.25) is 0 Å². The van der Waals surface area contributed by atoms with Gasteiger partial charge in [0, 0.05) is 0 Å². The highest BCUT2D eigenvalue weighted by molar-refractivity contribution is 8.27. The molecular weight excluding hydrogens is 231 g/mol. The van der Waals surface area contributed by atoms with Crippen molar-refractivity contribution in [2.45, 2.75) is 52.4 Å². The third kappa shape index (κ3) is 8.47. The summed E-state index contributed by atoms with van der Waals surface area (Å²) in [4.78, 5) is 27.9. The molecule has 0 aromatic rings. The molecule has 1 atom stereocenters. The molecule has 0 amide bonds. The lowest BCUT2D eigenvalue weighted by atomic mass is 10.2. The van der Waals surface area contributed by atoms with Crippen LogP contribution in [0.4, 0.5) is 0 Å². The fraction of sp³-hybridized carbons (Fsp3) is 1.00. The van der Waals surface area contributed by atoms with Gasteiger partial charge in [0.15, 0.2) is 0 Å². The van der Waals surface area contributed by atoms with Crippen molar-refractivity contribution in [3.8, 4) is 0 Å². The molecule has 0 aliphatic heterocycles. The molecule has 0 heterocycles. The van der Waals surface area contributed by atoms with Crippen LogP contribution in [0.25, 0.3) is 0 Å². The lowest BCUT2D eigenvalue weighted by molar-refractivity contribution is 0.362. The van der Waals surface area contributed by atoms with Crippen LogP contribution in [0.3, 0.4) is 0 Å². The molecule has 3 nitrogen and oxygen atoms in total. The molecule has 0 bridgehead atoms. The van der Waals surface area contributed by atoms with E-state index in [4.69, 9.17) is 0 Å². The lowest BCUT2D eigenvalue weighted by Crippen LogP contribution is -2.05. The minimum atomic E-state index is -3.58. The van der Waals surface area contributed by atoms with Crippen molar-refractivity contribution >= 4 is 16.8 Å². The number of hydrogen-bond acceptors (Lipinski definition) is 0. The van der Waals surface area contributed by atoms with Crippen LogP contribution in [-0.2, 0) is 10.1 Å². The Balaban J connectivity index is 4.05. The first-order valence-electron chi connectivity index (χ1n) is 5.77. The van der Waals surface area contributed by atoms with Gasteiger partial charge in [-0.15, -0.1) is 10.1 Å². The van der Waals surface area contributed by atoms with Gasteiger partial charge >= 0.3 is 0 Å². The van der Waals surface area contributed by atoms with Crippen molar-refractivity contribution in [2.24, 2.45) is 0 Å². The molecule has 0 saturated carbocycles. The lowest BCUT2D eigenvalue weighted by Gasteiger charge is -2.15. The molecule has 0 aliphatic carbocycles. The molecular formula is C10H25O3PS. The maximum Gasteiger partial charge on any atom is 0.277 e. The maximum atomic E-state index is 9.30. The minimum absolute atomic E-state index is 0.567. The molecule has 0 spiro atoms. The normalized spacial score (nSPS) is 14.2. The van der Waals surface area contributed by atoms with Crippen LogP contribution in [0.5, 0.6) is 0 Å². The summed E-state index contributed by atoms with van der Waals surface area (Å²) in [5, 5.41) is 0. The Kier molecular flexibility index (Phi) is 9.16. The third-order valence-corrected chi connectivity index (χ3v) is 7.70. The van der Waals surface area contributed by atoms with Crippen LogP contribution in [0.1, 0.15) is 52.4 Å². The summed E-state index contributed by atoms with van der Waals surface area (Å²) in [5.74, 6) is 1.54. The van der Waals surface area contributed by atoms with E-state index < -0.39 is 16.8 Å². The molecule has 3 N–H and O–H groups in total. The summed E-state index contributed by atoms with van der Waals surface area (Å²) in [5.41, 5.74) is 0. The quantitative estimate of drug-likeness (QED) is 0.462. The molecule has 0 rings (SSSR count). The molecule has 0 saturated heterocycles. The van der Waals surface area contributed by atoms with Crippen molar-refractivity contribution in [3.05, 3.63) is 0 Å². The van der Waals surface area contributed by atoms with Gasteiger partial charge in [-0.1, -0.05) is 39.5 Å². The van der Waals surface area contributed by atoms with E-state index in [-0.39, 0.29) is 0 Å². The summed E-state index contributed by atoms with van der Waals surface area (Å²) in [6.07, 6.45) is 6.52. The number of unbranched alkanes of at least 4 members (excludes halogenated alkanes) is 4. The first-order valence-corrected chi connectivity index (χ1v) is 9.59. The van der Waals surface area contributed by atoms with Gasteiger partial charge in [0.05, 0.1) is 0 Å². The van der Waals surface area contributed by atoms with Crippen LogP contribution < -0.4 is 0 Å². The minimum Gasteiger partial charge on any atom is -0.329 e. The molecule has 0 radical (unpaired) electrons. The van der Waals surface area contributed by atoms with E-state index in [0.29, 0.717) is 0 Å². The largest absolute Gasteiger partial charge is 0.329 e. The summed E-state index contributed by atoms with van der Waals surface area (Å²) < 4.78 is 0. The monoisotopic (exact) mass is 256 g/mol. The second-order valence-corrected chi connectivity index (χ2v) is 9.58. The fourth-order valence-electron chi connectivity index (χ4n) is 1.35. The van der Waals surface area contributed by atoms with Crippen LogP contribution in [0, 0.1) is 0 Å². The van der Waals surface area contributed by atoms with Gasteiger partial charge in [-0.25, -0.2) is 0 Å². The van der Waals surface area contributed by atoms with Gasteiger partial charge in [0.25, 0.3) is 6.72 Å². The molecule has 0 fully saturated rings. The maximum absolute atomic E-state index is 9.30. The summed E-state index contributed by atoms with van der Waals surface area (Å²) >= 11 is 0. The van der Waals surface area contributed by atoms with E-state index >= 15 is 0 Å². The van der Waals surface area contributed by atoms with E-state index in [1.165, 1.54) is 12.8 Å². The zero-order chi connectivity index (χ0) is 11.7. The Morgan fingerprint density at radius 3 is 1.80 bits per heavy atom. The van der Waals surface area contributed by atoms with E-state index in [9.17, 15) is 14.7 Å². The van der Waals surface area contributed by atoms with Crippen molar-refractivity contribution in [1.29, 1.82) is 0 Å². The summed E-state index contributed by atoms with van der Waals surface area (Å²) in [6.45, 7) is 0.649. The zero-order valence-corrected chi connectivity index (χ0v) is 11.6. The topological polar surface area (TPSA) is 60.7 Å². The second-order valence-electron chi connectivity index (χ2n) is 3.80. The van der Waals surface area contributed by atoms with E-state index in [0.717, 1.165) is 37.2 Å². The molecule has 94 valence electrons. The molecule has 0 aromatic heterocycles. The Bertz CT molecular complexity index is 204. The third-order valence-electron chi connectivity index (χ3n) is 2.31. The Morgan fingerprint density at radius 1 is 0.800 bits per heavy atom. The molecule has 0 aliphatic rings. The van der Waals surface area contributed by atoms with Gasteiger partial charge < -0.3 is 14.7 Å². The van der Waals surface area contributed by atoms with Gasteiger partial charge in [-0.05, 0) is 24.3 Å². The van der Waals surface area contributed by atoms with Crippen molar-refractivity contribution in [1.82, 2.24) is 0 Å². The predicted molar refractivity (Wildman–Crippen MR) is 69.7 cm³/mol. The average Bonchev–Trinajstić information content (AvgIpc) is 2.15. The zero-order valence-electron chi connectivity index (χ0n) is 9.85. The molecule has 15 heavy (non-hydrogen) atoms. The van der Waals surface area contributed by atoms with Crippen molar-refractivity contribution in [3.63, 3.8) is 0 Å². The second kappa shape index (κ2) is 8.77. The standard InChI is InChI=1S/C10H25O3PS/c1-3-5-7-8-10-15(9-6-4-2)14(11,12)13/h11-13H,3-10H2,1-2H3. The Morgan fingerprint density at radius 2 is 1.33 bits per heavy atom. The highest BCUT2D eigenvalue weighted by Crippen LogP contribution is 2.37. The van der Waals surface area contributed by atoms with Gasteiger partial charge in [-0.3, -0.25) is 0 Å². The van der Waals surface area contributed by atoms with Crippen LogP contribution >= 0.6 is 6.72 Å². The van der Waals surface area contributed by atoms with Crippen molar-refractivity contribution < 1.29 is 14.7 Å².